The zero-order chi connectivity index (χ0) is 15.5. The number of hydrogen-bond donors (Lipinski definition) is 2. The van der Waals surface area contributed by atoms with Crippen molar-refractivity contribution in [2.75, 3.05) is 13.2 Å². The predicted octanol–water partition coefficient (Wildman–Crippen LogP) is 2.48. The van der Waals surface area contributed by atoms with E-state index >= 15 is 0 Å². The Labute approximate surface area is 129 Å². The minimum atomic E-state index is -0.912. The van der Waals surface area contributed by atoms with Gasteiger partial charge in [-0.3, -0.25) is 4.90 Å². The number of rotatable bonds is 4. The van der Waals surface area contributed by atoms with Gasteiger partial charge in [-0.25, -0.2) is 4.79 Å². The molecule has 3 rings (SSSR count). The molecule has 0 saturated heterocycles. The summed E-state index contributed by atoms with van der Waals surface area (Å²) in [7, 11) is 0. The van der Waals surface area contributed by atoms with Gasteiger partial charge in [-0.15, -0.1) is 0 Å². The molecule has 1 unspecified atom stereocenters. The number of carboxylic acid groups (broad SMARTS) is 1. The molecule has 1 aliphatic rings. The van der Waals surface area contributed by atoms with Gasteiger partial charge in [0, 0.05) is 13.1 Å². The number of aromatic carboxylic acids is 1. The highest BCUT2D eigenvalue weighted by atomic mass is 16.4. The van der Waals surface area contributed by atoms with Crippen LogP contribution in [0.2, 0.25) is 0 Å². The smallest absolute Gasteiger partial charge is 0.335 e. The third kappa shape index (κ3) is 2.89. The summed E-state index contributed by atoms with van der Waals surface area (Å²) < 4.78 is 0. The highest BCUT2D eigenvalue weighted by Gasteiger charge is 2.26. The first-order valence-corrected chi connectivity index (χ1v) is 7.44. The van der Waals surface area contributed by atoms with Gasteiger partial charge >= 0.3 is 5.97 Å². The monoisotopic (exact) mass is 297 g/mol. The molecule has 0 aliphatic carbocycles. The van der Waals surface area contributed by atoms with Crippen LogP contribution in [-0.4, -0.2) is 34.2 Å². The molecular weight excluding hydrogens is 278 g/mol. The summed E-state index contributed by atoms with van der Waals surface area (Å²) in [5, 5.41) is 18.9. The van der Waals surface area contributed by atoms with Crippen LogP contribution < -0.4 is 0 Å². The van der Waals surface area contributed by atoms with Crippen molar-refractivity contribution in [1.82, 2.24) is 4.90 Å². The van der Waals surface area contributed by atoms with Gasteiger partial charge in [0.1, 0.15) is 0 Å². The van der Waals surface area contributed by atoms with E-state index in [1.807, 2.05) is 18.2 Å². The molecule has 4 heteroatoms. The van der Waals surface area contributed by atoms with Crippen molar-refractivity contribution >= 4 is 5.97 Å². The molecular formula is C18H19NO3. The molecule has 22 heavy (non-hydrogen) atoms. The second-order valence-corrected chi connectivity index (χ2v) is 5.62. The first-order valence-electron chi connectivity index (χ1n) is 7.44. The van der Waals surface area contributed by atoms with Crippen molar-refractivity contribution in [3.63, 3.8) is 0 Å². The Kier molecular flexibility index (Phi) is 4.22. The number of carboxylic acids is 1. The highest BCUT2D eigenvalue weighted by Crippen LogP contribution is 2.30. The van der Waals surface area contributed by atoms with Crippen molar-refractivity contribution in [3.8, 4) is 0 Å². The maximum atomic E-state index is 11.1. The Bertz CT molecular complexity index is 684. The fraction of sp³-hybridized carbons (Fsp3) is 0.278. The van der Waals surface area contributed by atoms with Crippen LogP contribution in [0.1, 0.15) is 33.1 Å². The molecule has 2 aromatic rings. The summed E-state index contributed by atoms with van der Waals surface area (Å²) in [6, 6.07) is 15.2. The maximum absolute atomic E-state index is 11.1. The van der Waals surface area contributed by atoms with Crippen molar-refractivity contribution in [2.45, 2.75) is 19.0 Å². The third-order valence-electron chi connectivity index (χ3n) is 4.26. The second-order valence-electron chi connectivity index (χ2n) is 5.62. The summed E-state index contributed by atoms with van der Waals surface area (Å²) in [6.07, 6.45) is 0.950. The molecule has 1 atom stereocenters. The standard InChI is InChI=1S/C18H19NO3/c20-12-17-16-7-2-1-5-14(16)8-9-19(17)11-13-4-3-6-15(10-13)18(21)22/h1-7,10,17,20H,8-9,11-12H2,(H,21,22). The maximum Gasteiger partial charge on any atom is 0.335 e. The van der Waals surface area contributed by atoms with Crippen LogP contribution in [0.25, 0.3) is 0 Å². The Balaban J connectivity index is 1.84. The van der Waals surface area contributed by atoms with E-state index in [0.29, 0.717) is 12.1 Å². The summed E-state index contributed by atoms with van der Waals surface area (Å²) in [5.41, 5.74) is 3.72. The summed E-state index contributed by atoms with van der Waals surface area (Å²) in [4.78, 5) is 13.3. The van der Waals surface area contributed by atoms with E-state index in [-0.39, 0.29) is 12.6 Å². The van der Waals surface area contributed by atoms with E-state index in [2.05, 4.69) is 17.0 Å². The lowest BCUT2D eigenvalue weighted by Crippen LogP contribution is -2.36. The van der Waals surface area contributed by atoms with Crippen LogP contribution in [-0.2, 0) is 13.0 Å². The topological polar surface area (TPSA) is 60.8 Å². The lowest BCUT2D eigenvalue weighted by molar-refractivity contribution is 0.0696. The lowest BCUT2D eigenvalue weighted by atomic mass is 9.92. The number of carbonyl (C=O) groups is 1. The van der Waals surface area contributed by atoms with Crippen LogP contribution in [0.5, 0.6) is 0 Å². The molecule has 0 bridgehead atoms. The summed E-state index contributed by atoms with van der Waals surface area (Å²) in [6.45, 7) is 1.57. The van der Waals surface area contributed by atoms with Gasteiger partial charge in [0.2, 0.25) is 0 Å². The Morgan fingerprint density at radius 2 is 2.00 bits per heavy atom. The molecule has 4 nitrogen and oxygen atoms in total. The van der Waals surface area contributed by atoms with Gasteiger partial charge in [0.25, 0.3) is 0 Å². The van der Waals surface area contributed by atoms with Gasteiger partial charge in [0.05, 0.1) is 18.2 Å². The molecule has 0 radical (unpaired) electrons. The predicted molar refractivity (Wildman–Crippen MR) is 83.8 cm³/mol. The molecule has 0 spiro atoms. The molecule has 0 fully saturated rings. The number of hydrogen-bond acceptors (Lipinski definition) is 3. The molecule has 2 aromatic carbocycles. The van der Waals surface area contributed by atoms with Crippen LogP contribution in [0, 0.1) is 0 Å². The number of aliphatic hydroxyl groups is 1. The van der Waals surface area contributed by atoms with Gasteiger partial charge in [0.15, 0.2) is 0 Å². The Morgan fingerprint density at radius 1 is 1.18 bits per heavy atom. The van der Waals surface area contributed by atoms with E-state index in [1.54, 1.807) is 18.2 Å². The van der Waals surface area contributed by atoms with Crippen molar-refractivity contribution in [1.29, 1.82) is 0 Å². The van der Waals surface area contributed by atoms with E-state index in [9.17, 15) is 9.90 Å². The molecule has 1 heterocycles. The molecule has 0 amide bonds. The minimum absolute atomic E-state index is 0.0292. The molecule has 0 aromatic heterocycles. The fourth-order valence-corrected chi connectivity index (χ4v) is 3.14. The van der Waals surface area contributed by atoms with Gasteiger partial charge in [-0.05, 0) is 35.2 Å². The average Bonchev–Trinajstić information content (AvgIpc) is 2.55. The van der Waals surface area contributed by atoms with Gasteiger partial charge < -0.3 is 10.2 Å². The Morgan fingerprint density at radius 3 is 2.77 bits per heavy atom. The van der Waals surface area contributed by atoms with Gasteiger partial charge in [-0.1, -0.05) is 36.4 Å². The van der Waals surface area contributed by atoms with Crippen molar-refractivity contribution < 1.29 is 15.0 Å². The molecule has 0 saturated carbocycles. The van der Waals surface area contributed by atoms with Crippen LogP contribution in [0.15, 0.2) is 48.5 Å². The summed E-state index contributed by atoms with van der Waals surface area (Å²) in [5.74, 6) is -0.912. The largest absolute Gasteiger partial charge is 0.478 e. The molecule has 114 valence electrons. The number of nitrogens with zero attached hydrogens (tertiary/aromatic N) is 1. The van der Waals surface area contributed by atoms with E-state index in [4.69, 9.17) is 5.11 Å². The molecule has 1 aliphatic heterocycles. The summed E-state index contributed by atoms with van der Waals surface area (Å²) >= 11 is 0. The van der Waals surface area contributed by atoms with Crippen LogP contribution >= 0.6 is 0 Å². The van der Waals surface area contributed by atoms with E-state index in [1.165, 1.54) is 11.1 Å². The van der Waals surface area contributed by atoms with E-state index in [0.717, 1.165) is 18.5 Å². The Hall–Kier alpha value is -2.17. The van der Waals surface area contributed by atoms with Crippen molar-refractivity contribution in [2.24, 2.45) is 0 Å². The van der Waals surface area contributed by atoms with Crippen LogP contribution in [0.4, 0.5) is 0 Å². The second kappa shape index (κ2) is 6.30. The number of benzene rings is 2. The zero-order valence-electron chi connectivity index (χ0n) is 12.3. The lowest BCUT2D eigenvalue weighted by Gasteiger charge is -2.36. The molecule has 2 N–H and O–H groups in total. The zero-order valence-corrected chi connectivity index (χ0v) is 12.3. The number of aliphatic hydroxyl groups excluding tert-OH is 1. The van der Waals surface area contributed by atoms with E-state index < -0.39 is 5.97 Å². The van der Waals surface area contributed by atoms with Crippen molar-refractivity contribution in [3.05, 3.63) is 70.8 Å². The SMILES string of the molecule is O=C(O)c1cccc(CN2CCc3ccccc3C2CO)c1. The average molecular weight is 297 g/mol. The fourth-order valence-electron chi connectivity index (χ4n) is 3.14. The first-order chi connectivity index (χ1) is 10.7. The third-order valence-corrected chi connectivity index (χ3v) is 4.26. The first kappa shape index (κ1) is 14.8. The quantitative estimate of drug-likeness (QED) is 0.910. The highest BCUT2D eigenvalue weighted by molar-refractivity contribution is 5.87. The normalized spacial score (nSPS) is 18.0. The van der Waals surface area contributed by atoms with Crippen LogP contribution in [0.3, 0.4) is 0 Å². The number of fused-ring (bicyclic) bond motifs is 1. The van der Waals surface area contributed by atoms with Gasteiger partial charge in [-0.2, -0.15) is 0 Å². The minimum Gasteiger partial charge on any atom is -0.478 e.